The number of carbonyl (C=O) groups is 2. The minimum absolute atomic E-state index is 0.260. The van der Waals surface area contributed by atoms with E-state index in [0.717, 1.165) is 11.1 Å². The Kier molecular flexibility index (Phi) is 7.16. The number of carbonyl (C=O) groups excluding carboxylic acids is 2. The van der Waals surface area contributed by atoms with E-state index in [2.05, 4.69) is 5.32 Å². The van der Waals surface area contributed by atoms with Crippen LogP contribution in [0.1, 0.15) is 18.1 Å². The van der Waals surface area contributed by atoms with Crippen molar-refractivity contribution >= 4 is 11.9 Å². The van der Waals surface area contributed by atoms with E-state index >= 15 is 0 Å². The zero-order valence-electron chi connectivity index (χ0n) is 14.4. The molecule has 2 aromatic rings. The third-order valence-electron chi connectivity index (χ3n) is 3.81. The quantitative estimate of drug-likeness (QED) is 0.719. The molecule has 1 amide bonds. The summed E-state index contributed by atoms with van der Waals surface area (Å²) in [6, 6.07) is 17.5. The minimum atomic E-state index is -0.753. The molecule has 3 N–H and O–H groups in total. The van der Waals surface area contributed by atoms with Crippen molar-refractivity contribution in [2.45, 2.75) is 31.8 Å². The second-order valence-electron chi connectivity index (χ2n) is 5.80. The number of nitrogens with two attached hydrogens (primary N) is 1. The van der Waals surface area contributed by atoms with E-state index in [1.807, 2.05) is 60.7 Å². The molecule has 0 aliphatic heterocycles. The Morgan fingerprint density at radius 3 is 2.00 bits per heavy atom. The number of esters is 1. The van der Waals surface area contributed by atoms with Crippen LogP contribution in [0.2, 0.25) is 0 Å². The van der Waals surface area contributed by atoms with Gasteiger partial charge in [0.1, 0.15) is 6.04 Å². The van der Waals surface area contributed by atoms with Crippen LogP contribution in [0.3, 0.4) is 0 Å². The molecule has 0 saturated heterocycles. The number of nitrogens with one attached hydrogen (secondary N) is 1. The van der Waals surface area contributed by atoms with Crippen LogP contribution in [0.25, 0.3) is 0 Å². The van der Waals surface area contributed by atoms with E-state index in [1.165, 1.54) is 0 Å². The van der Waals surface area contributed by atoms with Crippen molar-refractivity contribution in [1.29, 1.82) is 0 Å². The van der Waals surface area contributed by atoms with E-state index in [0.29, 0.717) is 12.8 Å². The molecule has 0 bridgehead atoms. The predicted octanol–water partition coefficient (Wildman–Crippen LogP) is 1.85. The molecule has 0 radical (unpaired) electrons. The van der Waals surface area contributed by atoms with Gasteiger partial charge in [-0.3, -0.25) is 4.79 Å². The van der Waals surface area contributed by atoms with E-state index in [-0.39, 0.29) is 12.5 Å². The Morgan fingerprint density at radius 1 is 0.960 bits per heavy atom. The van der Waals surface area contributed by atoms with E-state index in [9.17, 15) is 9.59 Å². The topological polar surface area (TPSA) is 81.4 Å². The molecule has 2 aromatic carbocycles. The first-order valence-corrected chi connectivity index (χ1v) is 8.40. The van der Waals surface area contributed by atoms with Crippen LogP contribution in [-0.4, -0.2) is 30.6 Å². The fraction of sp³-hybridized carbons (Fsp3) is 0.300. The standard InChI is InChI=1S/C20H24N2O3/c1-2-25-20(24)18(14-16-11-7-4-8-12-16)22-19(23)17(21)13-15-9-5-3-6-10-15/h3-12,17-18H,2,13-14,21H2,1H3,(H,22,23)/t17-,18+/m1/s1. The van der Waals surface area contributed by atoms with Crippen LogP contribution >= 0.6 is 0 Å². The molecular weight excluding hydrogens is 316 g/mol. The van der Waals surface area contributed by atoms with Crippen LogP contribution in [-0.2, 0) is 27.2 Å². The second kappa shape index (κ2) is 9.59. The summed E-state index contributed by atoms with van der Waals surface area (Å²) in [7, 11) is 0. The van der Waals surface area contributed by atoms with Gasteiger partial charge in [-0.2, -0.15) is 0 Å². The Labute approximate surface area is 148 Å². The molecule has 0 aromatic heterocycles. The lowest BCUT2D eigenvalue weighted by Gasteiger charge is -2.20. The summed E-state index contributed by atoms with van der Waals surface area (Å²) in [4.78, 5) is 24.6. The van der Waals surface area contributed by atoms with Crippen LogP contribution in [0.4, 0.5) is 0 Å². The van der Waals surface area contributed by atoms with E-state index < -0.39 is 18.1 Å². The normalized spacial score (nSPS) is 12.9. The summed E-state index contributed by atoms with van der Waals surface area (Å²) in [5.74, 6) is -0.815. The zero-order valence-corrected chi connectivity index (χ0v) is 14.4. The molecule has 2 atom stereocenters. The van der Waals surface area contributed by atoms with Crippen LogP contribution in [0.15, 0.2) is 60.7 Å². The largest absolute Gasteiger partial charge is 0.464 e. The Hall–Kier alpha value is -2.66. The molecule has 0 spiro atoms. The third kappa shape index (κ3) is 6.04. The SMILES string of the molecule is CCOC(=O)[C@H](Cc1ccccc1)NC(=O)[C@H](N)Cc1ccccc1. The van der Waals surface area contributed by atoms with Crippen LogP contribution in [0.5, 0.6) is 0 Å². The Balaban J connectivity index is 2.01. The summed E-state index contributed by atoms with van der Waals surface area (Å²) >= 11 is 0. The van der Waals surface area contributed by atoms with Gasteiger partial charge in [-0.1, -0.05) is 60.7 Å². The maximum atomic E-state index is 12.4. The van der Waals surface area contributed by atoms with Crippen molar-refractivity contribution in [1.82, 2.24) is 5.32 Å². The van der Waals surface area contributed by atoms with Gasteiger partial charge in [0.15, 0.2) is 0 Å². The molecule has 0 aliphatic rings. The highest BCUT2D eigenvalue weighted by Crippen LogP contribution is 2.07. The first-order chi connectivity index (χ1) is 12.1. The fourth-order valence-electron chi connectivity index (χ4n) is 2.53. The van der Waals surface area contributed by atoms with Gasteiger partial charge in [0.2, 0.25) is 5.91 Å². The molecule has 0 unspecified atom stereocenters. The number of ether oxygens (including phenoxy) is 1. The first kappa shape index (κ1) is 18.7. The zero-order chi connectivity index (χ0) is 18.1. The molecule has 25 heavy (non-hydrogen) atoms. The van der Waals surface area contributed by atoms with Crippen molar-refractivity contribution in [3.05, 3.63) is 71.8 Å². The Bertz CT molecular complexity index is 674. The van der Waals surface area contributed by atoms with E-state index in [1.54, 1.807) is 6.92 Å². The van der Waals surface area contributed by atoms with Gasteiger partial charge in [0, 0.05) is 6.42 Å². The molecule has 2 rings (SSSR count). The van der Waals surface area contributed by atoms with Crippen molar-refractivity contribution in [2.24, 2.45) is 5.73 Å². The van der Waals surface area contributed by atoms with Gasteiger partial charge in [0.05, 0.1) is 12.6 Å². The lowest BCUT2D eigenvalue weighted by molar-refractivity contribution is -0.147. The lowest BCUT2D eigenvalue weighted by atomic mass is 10.0. The summed E-state index contributed by atoms with van der Waals surface area (Å²) < 4.78 is 5.08. The molecule has 5 heteroatoms. The lowest BCUT2D eigenvalue weighted by Crippen LogP contribution is -2.50. The van der Waals surface area contributed by atoms with Crippen molar-refractivity contribution in [2.75, 3.05) is 6.61 Å². The maximum Gasteiger partial charge on any atom is 0.328 e. The van der Waals surface area contributed by atoms with Gasteiger partial charge in [0.25, 0.3) is 0 Å². The average Bonchev–Trinajstić information content (AvgIpc) is 2.63. The molecule has 0 fully saturated rings. The maximum absolute atomic E-state index is 12.4. The first-order valence-electron chi connectivity index (χ1n) is 8.40. The predicted molar refractivity (Wildman–Crippen MR) is 96.8 cm³/mol. The minimum Gasteiger partial charge on any atom is -0.464 e. The summed E-state index contributed by atoms with van der Waals surface area (Å²) in [6.07, 6.45) is 0.775. The highest BCUT2D eigenvalue weighted by Gasteiger charge is 2.25. The van der Waals surface area contributed by atoms with Gasteiger partial charge in [-0.15, -0.1) is 0 Å². The number of hydrogen-bond donors (Lipinski definition) is 2. The molecule has 0 saturated carbocycles. The summed E-state index contributed by atoms with van der Waals surface area (Å²) in [5, 5.41) is 2.73. The summed E-state index contributed by atoms with van der Waals surface area (Å²) in [6.45, 7) is 2.00. The van der Waals surface area contributed by atoms with Crippen molar-refractivity contribution < 1.29 is 14.3 Å². The van der Waals surface area contributed by atoms with Crippen molar-refractivity contribution in [3.8, 4) is 0 Å². The third-order valence-corrected chi connectivity index (χ3v) is 3.81. The average molecular weight is 340 g/mol. The smallest absolute Gasteiger partial charge is 0.328 e. The molecule has 132 valence electrons. The molecule has 5 nitrogen and oxygen atoms in total. The van der Waals surface area contributed by atoms with Crippen molar-refractivity contribution in [3.63, 3.8) is 0 Å². The highest BCUT2D eigenvalue weighted by atomic mass is 16.5. The number of hydrogen-bond acceptors (Lipinski definition) is 4. The number of rotatable bonds is 8. The summed E-state index contributed by atoms with van der Waals surface area (Å²) in [5.41, 5.74) is 7.92. The van der Waals surface area contributed by atoms with Gasteiger partial charge >= 0.3 is 5.97 Å². The second-order valence-corrected chi connectivity index (χ2v) is 5.80. The van der Waals surface area contributed by atoms with Gasteiger partial charge in [-0.05, 0) is 24.5 Å². The van der Waals surface area contributed by atoms with Gasteiger partial charge in [-0.25, -0.2) is 4.79 Å². The monoisotopic (exact) mass is 340 g/mol. The molecular formula is C20H24N2O3. The number of amides is 1. The van der Waals surface area contributed by atoms with Crippen LogP contribution < -0.4 is 11.1 Å². The fourth-order valence-corrected chi connectivity index (χ4v) is 2.53. The highest BCUT2D eigenvalue weighted by molar-refractivity contribution is 5.87. The van der Waals surface area contributed by atoms with Crippen LogP contribution in [0, 0.1) is 0 Å². The number of benzene rings is 2. The van der Waals surface area contributed by atoms with Gasteiger partial charge < -0.3 is 15.8 Å². The molecule has 0 heterocycles. The van der Waals surface area contributed by atoms with E-state index in [4.69, 9.17) is 10.5 Å². The Morgan fingerprint density at radius 2 is 1.48 bits per heavy atom. The molecule has 0 aliphatic carbocycles.